The van der Waals surface area contributed by atoms with Gasteiger partial charge in [-0.3, -0.25) is 0 Å². The van der Waals surface area contributed by atoms with Gasteiger partial charge in [-0.25, -0.2) is 0 Å². The monoisotopic (exact) mass is 247 g/mol. The maximum Gasteiger partial charge on any atom is 0.401 e. The molecular formula is C12H16F3NO. The van der Waals surface area contributed by atoms with Crippen LogP contribution in [0.1, 0.15) is 18.1 Å². The Morgan fingerprint density at radius 2 is 1.82 bits per heavy atom. The molecule has 1 rings (SSSR count). The highest BCUT2D eigenvalue weighted by molar-refractivity contribution is 5.26. The van der Waals surface area contributed by atoms with Crippen LogP contribution in [0.4, 0.5) is 13.2 Å². The van der Waals surface area contributed by atoms with Crippen molar-refractivity contribution in [1.29, 1.82) is 0 Å². The first-order valence-electron chi connectivity index (χ1n) is 5.45. The Balaban J connectivity index is 2.51. The molecule has 0 fully saturated rings. The Hall–Kier alpha value is -1.07. The smallest absolute Gasteiger partial charge is 0.377 e. The van der Waals surface area contributed by atoms with E-state index in [4.69, 9.17) is 4.74 Å². The average Bonchev–Trinajstić information content (AvgIpc) is 2.26. The maximum atomic E-state index is 12.0. The number of ether oxygens (including phenoxy) is 1. The summed E-state index contributed by atoms with van der Waals surface area (Å²) >= 11 is 0. The van der Waals surface area contributed by atoms with Crippen LogP contribution in [-0.2, 0) is 17.9 Å². The van der Waals surface area contributed by atoms with Gasteiger partial charge in [-0.1, -0.05) is 24.3 Å². The van der Waals surface area contributed by atoms with Crippen LogP contribution in [0.2, 0.25) is 0 Å². The van der Waals surface area contributed by atoms with Crippen molar-refractivity contribution < 1.29 is 17.9 Å². The minimum absolute atomic E-state index is 0.197. The lowest BCUT2D eigenvalue weighted by Gasteiger charge is -2.11. The molecule has 0 bridgehead atoms. The predicted molar refractivity (Wildman–Crippen MR) is 59.5 cm³/mol. The minimum Gasteiger partial charge on any atom is -0.377 e. The molecule has 0 saturated heterocycles. The zero-order valence-corrected chi connectivity index (χ0v) is 9.68. The van der Waals surface area contributed by atoms with E-state index in [1.807, 2.05) is 19.1 Å². The normalized spacial score (nSPS) is 11.8. The summed E-state index contributed by atoms with van der Waals surface area (Å²) in [7, 11) is 0. The molecule has 0 unspecified atom stereocenters. The van der Waals surface area contributed by atoms with Gasteiger partial charge in [0.1, 0.15) is 0 Å². The quantitative estimate of drug-likeness (QED) is 0.834. The molecule has 0 atom stereocenters. The lowest BCUT2D eigenvalue weighted by molar-refractivity contribution is -0.125. The highest BCUT2D eigenvalue weighted by Gasteiger charge is 2.26. The molecule has 0 aliphatic heterocycles. The molecule has 0 aliphatic carbocycles. The standard InChI is InChI=1S/C12H16F3NO/c1-2-17-8-11-6-4-3-5-10(11)7-16-9-12(13,14)15/h3-6,16H,2,7-9H2,1H3. The van der Waals surface area contributed by atoms with Gasteiger partial charge < -0.3 is 10.1 Å². The van der Waals surface area contributed by atoms with E-state index < -0.39 is 12.7 Å². The van der Waals surface area contributed by atoms with Crippen LogP contribution in [-0.4, -0.2) is 19.3 Å². The van der Waals surface area contributed by atoms with Gasteiger partial charge in [0.25, 0.3) is 0 Å². The first-order chi connectivity index (χ1) is 8.03. The maximum absolute atomic E-state index is 12.0. The van der Waals surface area contributed by atoms with Gasteiger partial charge in [0.15, 0.2) is 0 Å². The van der Waals surface area contributed by atoms with Gasteiger partial charge in [-0.05, 0) is 18.1 Å². The average molecular weight is 247 g/mol. The number of halogens is 3. The van der Waals surface area contributed by atoms with Crippen LogP contribution in [0.25, 0.3) is 0 Å². The number of nitrogens with one attached hydrogen (secondary N) is 1. The molecular weight excluding hydrogens is 231 g/mol. The van der Waals surface area contributed by atoms with Crippen LogP contribution in [0.15, 0.2) is 24.3 Å². The molecule has 0 radical (unpaired) electrons. The van der Waals surface area contributed by atoms with Gasteiger partial charge >= 0.3 is 6.18 Å². The molecule has 0 heterocycles. The van der Waals surface area contributed by atoms with Gasteiger partial charge in [-0.2, -0.15) is 13.2 Å². The lowest BCUT2D eigenvalue weighted by atomic mass is 10.1. The molecule has 1 aromatic carbocycles. The third kappa shape index (κ3) is 5.70. The third-order valence-electron chi connectivity index (χ3n) is 2.22. The Morgan fingerprint density at radius 1 is 1.18 bits per heavy atom. The first-order valence-corrected chi connectivity index (χ1v) is 5.45. The molecule has 0 saturated carbocycles. The summed E-state index contributed by atoms with van der Waals surface area (Å²) in [6.07, 6.45) is -4.17. The summed E-state index contributed by atoms with van der Waals surface area (Å²) in [5, 5.41) is 2.38. The zero-order valence-electron chi connectivity index (χ0n) is 9.68. The molecule has 17 heavy (non-hydrogen) atoms. The van der Waals surface area contributed by atoms with Crippen molar-refractivity contribution in [3.8, 4) is 0 Å². The number of rotatable bonds is 6. The minimum atomic E-state index is -4.17. The van der Waals surface area contributed by atoms with Crippen LogP contribution >= 0.6 is 0 Å². The molecule has 0 aliphatic rings. The van der Waals surface area contributed by atoms with E-state index in [9.17, 15) is 13.2 Å². The Bertz CT molecular complexity index is 339. The zero-order chi connectivity index (χ0) is 12.7. The Morgan fingerprint density at radius 3 is 2.41 bits per heavy atom. The van der Waals surface area contributed by atoms with Crippen LogP contribution in [0, 0.1) is 0 Å². The second kappa shape index (κ2) is 6.61. The number of hydrogen-bond donors (Lipinski definition) is 1. The number of benzene rings is 1. The molecule has 1 aromatic rings. The van der Waals surface area contributed by atoms with E-state index >= 15 is 0 Å². The largest absolute Gasteiger partial charge is 0.401 e. The molecule has 2 nitrogen and oxygen atoms in total. The highest BCUT2D eigenvalue weighted by atomic mass is 19.4. The van der Waals surface area contributed by atoms with E-state index in [1.165, 1.54) is 0 Å². The van der Waals surface area contributed by atoms with Crippen molar-refractivity contribution in [3.63, 3.8) is 0 Å². The van der Waals surface area contributed by atoms with E-state index in [0.717, 1.165) is 11.1 Å². The number of hydrogen-bond acceptors (Lipinski definition) is 2. The molecule has 96 valence electrons. The van der Waals surface area contributed by atoms with E-state index in [-0.39, 0.29) is 6.54 Å². The summed E-state index contributed by atoms with van der Waals surface area (Å²) in [5.74, 6) is 0. The summed E-state index contributed by atoms with van der Waals surface area (Å²) < 4.78 is 41.2. The molecule has 0 amide bonds. The molecule has 5 heteroatoms. The molecule has 0 spiro atoms. The van der Waals surface area contributed by atoms with Gasteiger partial charge in [-0.15, -0.1) is 0 Å². The first kappa shape index (κ1) is 14.0. The summed E-state index contributed by atoms with van der Waals surface area (Å²) in [4.78, 5) is 0. The predicted octanol–water partition coefficient (Wildman–Crippen LogP) is 2.88. The second-order valence-corrected chi connectivity index (χ2v) is 3.62. The fraction of sp³-hybridized carbons (Fsp3) is 0.500. The fourth-order valence-electron chi connectivity index (χ4n) is 1.42. The van der Waals surface area contributed by atoms with E-state index in [1.54, 1.807) is 12.1 Å². The van der Waals surface area contributed by atoms with E-state index in [0.29, 0.717) is 13.2 Å². The topological polar surface area (TPSA) is 21.3 Å². The highest BCUT2D eigenvalue weighted by Crippen LogP contribution is 2.14. The fourth-order valence-corrected chi connectivity index (χ4v) is 1.42. The van der Waals surface area contributed by atoms with Crippen LogP contribution in [0.5, 0.6) is 0 Å². The van der Waals surface area contributed by atoms with Crippen molar-refractivity contribution in [2.24, 2.45) is 0 Å². The lowest BCUT2D eigenvalue weighted by Crippen LogP contribution is -2.28. The van der Waals surface area contributed by atoms with Crippen molar-refractivity contribution in [2.75, 3.05) is 13.2 Å². The van der Waals surface area contributed by atoms with Gasteiger partial charge in [0, 0.05) is 13.2 Å². The van der Waals surface area contributed by atoms with Crippen LogP contribution in [0.3, 0.4) is 0 Å². The summed E-state index contributed by atoms with van der Waals surface area (Å²) in [6.45, 7) is 2.12. The Kier molecular flexibility index (Phi) is 5.44. The van der Waals surface area contributed by atoms with Gasteiger partial charge in [0.2, 0.25) is 0 Å². The molecule has 1 N–H and O–H groups in total. The van der Waals surface area contributed by atoms with Crippen molar-refractivity contribution in [3.05, 3.63) is 35.4 Å². The second-order valence-electron chi connectivity index (χ2n) is 3.62. The molecule has 0 aromatic heterocycles. The Labute approximate surface area is 98.8 Å². The van der Waals surface area contributed by atoms with Crippen molar-refractivity contribution in [2.45, 2.75) is 26.3 Å². The number of alkyl halides is 3. The van der Waals surface area contributed by atoms with Crippen LogP contribution < -0.4 is 5.32 Å². The SMILES string of the molecule is CCOCc1ccccc1CNCC(F)(F)F. The van der Waals surface area contributed by atoms with Crippen molar-refractivity contribution >= 4 is 0 Å². The third-order valence-corrected chi connectivity index (χ3v) is 2.22. The summed E-state index contributed by atoms with van der Waals surface area (Å²) in [6, 6.07) is 7.32. The van der Waals surface area contributed by atoms with Gasteiger partial charge in [0.05, 0.1) is 13.2 Å². The van der Waals surface area contributed by atoms with E-state index in [2.05, 4.69) is 5.32 Å². The summed E-state index contributed by atoms with van der Waals surface area (Å²) in [5.41, 5.74) is 1.76. The van der Waals surface area contributed by atoms with Crippen molar-refractivity contribution in [1.82, 2.24) is 5.32 Å².